The molecule has 3 aromatic rings. The molecular weight excluding hydrogens is 291 g/mol. The number of halogens is 2. The van der Waals surface area contributed by atoms with E-state index in [0.29, 0.717) is 16.0 Å². The van der Waals surface area contributed by atoms with E-state index in [4.69, 9.17) is 23.2 Å². The van der Waals surface area contributed by atoms with E-state index in [1.165, 1.54) is 0 Å². The number of benzene rings is 2. The quantitative estimate of drug-likeness (QED) is 0.576. The highest BCUT2D eigenvalue weighted by Crippen LogP contribution is 2.27. The Morgan fingerprint density at radius 3 is 2.45 bits per heavy atom. The Hall–Kier alpha value is -1.64. The lowest BCUT2D eigenvalue weighted by atomic mass is 10.1. The van der Waals surface area contributed by atoms with E-state index < -0.39 is 0 Å². The zero-order valence-corrected chi connectivity index (χ0v) is 12.6. The number of hydrogen-bond donors (Lipinski definition) is 0. The van der Waals surface area contributed by atoms with Gasteiger partial charge in [-0.15, -0.1) is 0 Å². The molecule has 2 nitrogen and oxygen atoms in total. The van der Waals surface area contributed by atoms with Gasteiger partial charge < -0.3 is 0 Å². The molecule has 0 atom stereocenters. The van der Waals surface area contributed by atoms with Gasteiger partial charge in [0.1, 0.15) is 5.15 Å². The van der Waals surface area contributed by atoms with Crippen LogP contribution in [-0.4, -0.2) is 9.97 Å². The van der Waals surface area contributed by atoms with Crippen molar-refractivity contribution in [3.63, 3.8) is 0 Å². The summed E-state index contributed by atoms with van der Waals surface area (Å²) in [7, 11) is 0. The van der Waals surface area contributed by atoms with Crippen LogP contribution >= 0.6 is 23.2 Å². The molecule has 0 spiro atoms. The number of rotatable bonds is 1. The predicted octanol–water partition coefficient (Wildman–Crippen LogP) is 5.22. The highest BCUT2D eigenvalue weighted by Gasteiger charge is 2.09. The summed E-state index contributed by atoms with van der Waals surface area (Å²) in [4.78, 5) is 8.94. The Balaban J connectivity index is 2.21. The average molecular weight is 303 g/mol. The van der Waals surface area contributed by atoms with Crippen LogP contribution in [0.2, 0.25) is 10.2 Å². The van der Waals surface area contributed by atoms with Crippen LogP contribution in [0.15, 0.2) is 36.4 Å². The maximum Gasteiger partial charge on any atom is 0.161 e. The molecule has 0 aliphatic heterocycles. The molecule has 0 fully saturated rings. The van der Waals surface area contributed by atoms with E-state index in [2.05, 4.69) is 9.97 Å². The molecule has 0 unspecified atom stereocenters. The third kappa shape index (κ3) is 2.37. The second-order valence-corrected chi connectivity index (χ2v) is 5.59. The van der Waals surface area contributed by atoms with Crippen molar-refractivity contribution in [3.05, 3.63) is 57.7 Å². The van der Waals surface area contributed by atoms with Crippen molar-refractivity contribution in [1.29, 1.82) is 0 Å². The molecule has 20 heavy (non-hydrogen) atoms. The zero-order chi connectivity index (χ0) is 14.3. The third-order valence-corrected chi connectivity index (χ3v) is 3.93. The first-order valence-corrected chi connectivity index (χ1v) is 7.00. The minimum atomic E-state index is 0.463. The SMILES string of the molecule is Cc1ccc2nc(-c3ccc(C)c(Cl)c3)nc(Cl)c2c1. The highest BCUT2D eigenvalue weighted by atomic mass is 35.5. The molecule has 0 saturated carbocycles. The van der Waals surface area contributed by atoms with Crippen molar-refractivity contribution in [2.75, 3.05) is 0 Å². The molecular formula is C16H12Cl2N2. The van der Waals surface area contributed by atoms with Gasteiger partial charge in [-0.05, 0) is 37.6 Å². The van der Waals surface area contributed by atoms with E-state index in [0.717, 1.165) is 27.6 Å². The molecule has 1 aromatic heterocycles. The average Bonchev–Trinajstić information content (AvgIpc) is 2.42. The standard InChI is InChI=1S/C16H12Cl2N2/c1-9-3-6-14-12(7-9)15(18)20-16(19-14)11-5-4-10(2)13(17)8-11/h3-8H,1-2H3. The first kappa shape index (κ1) is 13.3. The second kappa shape index (κ2) is 5.04. The van der Waals surface area contributed by atoms with Gasteiger partial charge in [0.25, 0.3) is 0 Å². The van der Waals surface area contributed by atoms with Crippen molar-refractivity contribution >= 4 is 34.1 Å². The summed E-state index contributed by atoms with van der Waals surface area (Å²) in [5.41, 5.74) is 3.86. The molecule has 0 bridgehead atoms. The van der Waals surface area contributed by atoms with Gasteiger partial charge >= 0.3 is 0 Å². The summed E-state index contributed by atoms with van der Waals surface area (Å²) >= 11 is 12.4. The van der Waals surface area contributed by atoms with Gasteiger partial charge in [0.2, 0.25) is 0 Å². The molecule has 0 radical (unpaired) electrons. The van der Waals surface area contributed by atoms with Gasteiger partial charge in [-0.2, -0.15) is 0 Å². The van der Waals surface area contributed by atoms with E-state index in [1.807, 2.05) is 50.2 Å². The Bertz CT molecular complexity index is 813. The summed E-state index contributed by atoms with van der Waals surface area (Å²) in [5.74, 6) is 0.591. The number of aryl methyl sites for hydroxylation is 2. The molecule has 0 saturated heterocycles. The number of fused-ring (bicyclic) bond motifs is 1. The molecule has 100 valence electrons. The normalized spacial score (nSPS) is 11.0. The van der Waals surface area contributed by atoms with Gasteiger partial charge in [0.15, 0.2) is 5.82 Å². The fourth-order valence-corrected chi connectivity index (χ4v) is 2.48. The maximum atomic E-state index is 6.27. The fraction of sp³-hybridized carbons (Fsp3) is 0.125. The summed E-state index contributed by atoms with van der Waals surface area (Å²) in [6.45, 7) is 3.98. The van der Waals surface area contributed by atoms with Crippen molar-refractivity contribution < 1.29 is 0 Å². The molecule has 2 aromatic carbocycles. The fourth-order valence-electron chi connectivity index (χ4n) is 2.07. The van der Waals surface area contributed by atoms with Gasteiger partial charge in [0.05, 0.1) is 5.52 Å². The third-order valence-electron chi connectivity index (χ3n) is 3.23. The second-order valence-electron chi connectivity index (χ2n) is 4.82. The number of nitrogens with zero attached hydrogens (tertiary/aromatic N) is 2. The maximum absolute atomic E-state index is 6.27. The van der Waals surface area contributed by atoms with Crippen molar-refractivity contribution in [1.82, 2.24) is 9.97 Å². The Morgan fingerprint density at radius 1 is 0.900 bits per heavy atom. The summed E-state index contributed by atoms with van der Waals surface area (Å²) in [6.07, 6.45) is 0. The molecule has 0 aliphatic carbocycles. The van der Waals surface area contributed by atoms with Crippen LogP contribution in [0.3, 0.4) is 0 Å². The van der Waals surface area contributed by atoms with Crippen LogP contribution in [0.4, 0.5) is 0 Å². The first-order chi connectivity index (χ1) is 9.54. The van der Waals surface area contributed by atoms with Gasteiger partial charge in [-0.1, -0.05) is 47.0 Å². The summed E-state index contributed by atoms with van der Waals surface area (Å²) in [6, 6.07) is 11.7. The van der Waals surface area contributed by atoms with Crippen LogP contribution < -0.4 is 0 Å². The Morgan fingerprint density at radius 2 is 1.70 bits per heavy atom. The van der Waals surface area contributed by atoms with Crippen LogP contribution in [0.25, 0.3) is 22.3 Å². The monoisotopic (exact) mass is 302 g/mol. The van der Waals surface area contributed by atoms with E-state index in [1.54, 1.807) is 0 Å². The van der Waals surface area contributed by atoms with Crippen molar-refractivity contribution in [2.24, 2.45) is 0 Å². The largest absolute Gasteiger partial charge is 0.228 e. The van der Waals surface area contributed by atoms with E-state index in [9.17, 15) is 0 Å². The van der Waals surface area contributed by atoms with Crippen molar-refractivity contribution in [3.8, 4) is 11.4 Å². The molecule has 0 amide bonds. The topological polar surface area (TPSA) is 25.8 Å². The molecule has 0 aliphatic rings. The smallest absolute Gasteiger partial charge is 0.161 e. The van der Waals surface area contributed by atoms with Crippen LogP contribution in [0.5, 0.6) is 0 Å². The highest BCUT2D eigenvalue weighted by molar-refractivity contribution is 6.34. The van der Waals surface area contributed by atoms with Crippen molar-refractivity contribution in [2.45, 2.75) is 13.8 Å². The van der Waals surface area contributed by atoms with Gasteiger partial charge in [-0.3, -0.25) is 0 Å². The number of aromatic nitrogens is 2. The number of hydrogen-bond acceptors (Lipinski definition) is 2. The van der Waals surface area contributed by atoms with Crippen LogP contribution in [0, 0.1) is 13.8 Å². The lowest BCUT2D eigenvalue weighted by Crippen LogP contribution is -1.92. The lowest BCUT2D eigenvalue weighted by Gasteiger charge is -2.06. The van der Waals surface area contributed by atoms with Gasteiger partial charge in [-0.25, -0.2) is 9.97 Å². The minimum absolute atomic E-state index is 0.463. The summed E-state index contributed by atoms with van der Waals surface area (Å²) in [5, 5.41) is 2.03. The summed E-state index contributed by atoms with van der Waals surface area (Å²) < 4.78 is 0. The minimum Gasteiger partial charge on any atom is -0.228 e. The van der Waals surface area contributed by atoms with E-state index >= 15 is 0 Å². The zero-order valence-electron chi connectivity index (χ0n) is 11.1. The Labute approximate surface area is 127 Å². The predicted molar refractivity (Wildman–Crippen MR) is 84.5 cm³/mol. The Kier molecular flexibility index (Phi) is 3.36. The first-order valence-electron chi connectivity index (χ1n) is 6.25. The molecule has 4 heteroatoms. The van der Waals surface area contributed by atoms with Gasteiger partial charge in [0, 0.05) is 16.0 Å². The van der Waals surface area contributed by atoms with E-state index in [-0.39, 0.29) is 0 Å². The molecule has 0 N–H and O–H groups in total. The lowest BCUT2D eigenvalue weighted by molar-refractivity contribution is 1.22. The van der Waals surface area contributed by atoms with Crippen LogP contribution in [-0.2, 0) is 0 Å². The van der Waals surface area contributed by atoms with Crippen LogP contribution in [0.1, 0.15) is 11.1 Å². The molecule has 3 rings (SSSR count). The molecule has 1 heterocycles.